The van der Waals surface area contributed by atoms with Crippen LogP contribution in [0.25, 0.3) is 11.1 Å². The number of sulfonamides is 1. The molecular formula is C22H23F3N2O3S. The minimum absolute atomic E-state index is 0.0664. The molecule has 2 unspecified atom stereocenters. The largest absolute Gasteiger partial charge is 0.338 e. The van der Waals surface area contributed by atoms with Crippen molar-refractivity contribution in [1.82, 2.24) is 9.62 Å². The van der Waals surface area contributed by atoms with Crippen LogP contribution in [-0.4, -0.2) is 44.6 Å². The van der Waals surface area contributed by atoms with Gasteiger partial charge in [-0.15, -0.1) is 0 Å². The number of rotatable bonds is 6. The first-order valence-electron chi connectivity index (χ1n) is 9.96. The van der Waals surface area contributed by atoms with Gasteiger partial charge in [0.25, 0.3) is 0 Å². The van der Waals surface area contributed by atoms with E-state index in [9.17, 15) is 22.0 Å². The Kier molecular flexibility index (Phi) is 5.17. The molecule has 5 nitrogen and oxygen atoms in total. The van der Waals surface area contributed by atoms with E-state index in [0.29, 0.717) is 13.0 Å². The van der Waals surface area contributed by atoms with Gasteiger partial charge in [-0.3, -0.25) is 4.79 Å². The Balaban J connectivity index is 1.63. The van der Waals surface area contributed by atoms with Gasteiger partial charge in [0.1, 0.15) is 11.6 Å². The number of nitrogens with zero attached hydrogens (tertiary/aromatic N) is 1. The topological polar surface area (TPSA) is 66.5 Å². The normalized spacial score (nSPS) is 27.6. The highest BCUT2D eigenvalue weighted by Gasteiger charge is 2.73. The van der Waals surface area contributed by atoms with Crippen molar-refractivity contribution >= 4 is 15.9 Å². The van der Waals surface area contributed by atoms with Gasteiger partial charge in [-0.25, -0.2) is 26.3 Å². The molecule has 0 radical (unpaired) electrons. The van der Waals surface area contributed by atoms with Crippen LogP contribution in [0.1, 0.15) is 25.3 Å². The third-order valence-corrected chi connectivity index (χ3v) is 7.08. The van der Waals surface area contributed by atoms with E-state index in [1.165, 1.54) is 30.0 Å². The fraction of sp³-hybridized carbons (Fsp3) is 0.409. The highest BCUT2D eigenvalue weighted by atomic mass is 32.2. The molecule has 1 amide bonds. The van der Waals surface area contributed by atoms with Gasteiger partial charge in [0, 0.05) is 25.6 Å². The average Bonchev–Trinajstić information content (AvgIpc) is 3.24. The van der Waals surface area contributed by atoms with Crippen molar-refractivity contribution in [2.75, 3.05) is 19.3 Å². The van der Waals surface area contributed by atoms with Crippen LogP contribution in [0, 0.1) is 17.0 Å². The molecule has 2 fully saturated rings. The lowest BCUT2D eigenvalue weighted by molar-refractivity contribution is -0.146. The number of halogens is 3. The van der Waals surface area contributed by atoms with E-state index >= 15 is 4.39 Å². The molecule has 2 aliphatic rings. The summed E-state index contributed by atoms with van der Waals surface area (Å²) in [6.07, 6.45) is 1.53. The lowest BCUT2D eigenvalue weighted by Crippen LogP contribution is -2.58. The maximum Gasteiger partial charge on any atom is 0.232 e. The summed E-state index contributed by atoms with van der Waals surface area (Å²) in [5, 5.41) is 0. The molecule has 1 saturated carbocycles. The van der Waals surface area contributed by atoms with Crippen LogP contribution < -0.4 is 4.72 Å². The summed E-state index contributed by atoms with van der Waals surface area (Å²) in [4.78, 5) is 14.7. The van der Waals surface area contributed by atoms with Gasteiger partial charge in [-0.05, 0) is 36.6 Å². The van der Waals surface area contributed by atoms with Crippen molar-refractivity contribution in [2.24, 2.45) is 5.41 Å². The van der Waals surface area contributed by atoms with E-state index in [0.717, 1.165) is 18.4 Å². The summed E-state index contributed by atoms with van der Waals surface area (Å²) in [5.41, 5.74) is -3.65. The van der Waals surface area contributed by atoms with Crippen molar-refractivity contribution in [2.45, 2.75) is 31.5 Å². The molecule has 0 spiro atoms. The standard InChI is InChI=1S/C22H23F3N2O3S/c1-21(20(28)27-11-10-14(27)12-26-31(2,29)30)13-22(21,25)16-7-4-3-6-15(16)19-17(23)8-5-9-18(19)24/h3-9,14,26H,10-13H2,1-2H3/t14-,21?,22?/m0/s1. The first-order valence-corrected chi connectivity index (χ1v) is 11.9. The minimum atomic E-state index is -3.41. The Hall–Kier alpha value is -2.39. The molecule has 2 aromatic rings. The summed E-state index contributed by atoms with van der Waals surface area (Å²) >= 11 is 0. The lowest BCUT2D eigenvalue weighted by Gasteiger charge is -2.43. The molecule has 0 bridgehead atoms. The van der Waals surface area contributed by atoms with Crippen LogP contribution >= 0.6 is 0 Å². The molecule has 1 N–H and O–H groups in total. The van der Waals surface area contributed by atoms with Crippen molar-refractivity contribution < 1.29 is 26.4 Å². The molecule has 4 rings (SSSR count). The third-order valence-electron chi connectivity index (χ3n) is 6.39. The van der Waals surface area contributed by atoms with Crippen molar-refractivity contribution in [1.29, 1.82) is 0 Å². The van der Waals surface area contributed by atoms with Gasteiger partial charge >= 0.3 is 0 Å². The summed E-state index contributed by atoms with van der Waals surface area (Å²) < 4.78 is 70.0. The van der Waals surface area contributed by atoms with Crippen LogP contribution in [0.5, 0.6) is 0 Å². The van der Waals surface area contributed by atoms with Gasteiger partial charge < -0.3 is 4.90 Å². The number of carbonyl (C=O) groups is 1. The first kappa shape index (κ1) is 21.8. The first-order chi connectivity index (χ1) is 14.5. The fourth-order valence-electron chi connectivity index (χ4n) is 4.37. The summed E-state index contributed by atoms with van der Waals surface area (Å²) in [6, 6.07) is 9.16. The SMILES string of the molecule is CC1(C(=O)N2CC[C@H]2CNS(C)(=O)=O)CC1(F)c1ccccc1-c1c(F)cccc1F. The Labute approximate surface area is 179 Å². The second-order valence-electron chi connectivity index (χ2n) is 8.51. The molecule has 3 atom stereocenters. The molecular weight excluding hydrogens is 429 g/mol. The second kappa shape index (κ2) is 7.34. The number of hydrogen-bond acceptors (Lipinski definition) is 3. The van der Waals surface area contributed by atoms with Crippen molar-refractivity contribution in [3.63, 3.8) is 0 Å². The fourth-order valence-corrected chi connectivity index (χ4v) is 4.86. The highest BCUT2D eigenvalue weighted by molar-refractivity contribution is 7.88. The van der Waals surface area contributed by atoms with E-state index in [1.54, 1.807) is 12.1 Å². The molecule has 1 saturated heterocycles. The number of alkyl halides is 1. The number of amides is 1. The molecule has 166 valence electrons. The van der Waals surface area contributed by atoms with Gasteiger partial charge in [-0.1, -0.05) is 30.3 Å². The van der Waals surface area contributed by atoms with E-state index in [-0.39, 0.29) is 35.7 Å². The summed E-state index contributed by atoms with van der Waals surface area (Å²) in [7, 11) is -3.41. The highest BCUT2D eigenvalue weighted by Crippen LogP contribution is 2.68. The van der Waals surface area contributed by atoms with Crippen LogP contribution in [0.3, 0.4) is 0 Å². The number of hydrogen-bond donors (Lipinski definition) is 1. The van der Waals surface area contributed by atoms with Crippen LogP contribution in [-0.2, 0) is 20.5 Å². The number of nitrogens with one attached hydrogen (secondary N) is 1. The van der Waals surface area contributed by atoms with Crippen LogP contribution in [0.15, 0.2) is 42.5 Å². The quantitative estimate of drug-likeness (QED) is 0.731. The smallest absolute Gasteiger partial charge is 0.232 e. The zero-order valence-electron chi connectivity index (χ0n) is 17.2. The molecule has 9 heteroatoms. The zero-order valence-corrected chi connectivity index (χ0v) is 18.0. The second-order valence-corrected chi connectivity index (χ2v) is 10.3. The Morgan fingerprint density at radius 1 is 1.16 bits per heavy atom. The molecule has 0 aromatic heterocycles. The predicted molar refractivity (Wildman–Crippen MR) is 110 cm³/mol. The van der Waals surface area contributed by atoms with Gasteiger partial charge in [0.2, 0.25) is 15.9 Å². The zero-order chi connectivity index (χ0) is 22.6. The molecule has 31 heavy (non-hydrogen) atoms. The maximum atomic E-state index is 16.2. The van der Waals surface area contributed by atoms with E-state index < -0.39 is 38.6 Å². The van der Waals surface area contributed by atoms with Gasteiger partial charge in [0.05, 0.1) is 17.2 Å². The van der Waals surface area contributed by atoms with Crippen molar-refractivity contribution in [3.05, 3.63) is 59.7 Å². The number of benzene rings is 2. The number of likely N-dealkylation sites (tertiary alicyclic amines) is 1. The van der Waals surface area contributed by atoms with Gasteiger partial charge in [0.15, 0.2) is 5.67 Å². The Morgan fingerprint density at radius 3 is 2.39 bits per heavy atom. The molecule has 1 heterocycles. The lowest BCUT2D eigenvalue weighted by atomic mass is 9.89. The predicted octanol–water partition coefficient (Wildman–Crippen LogP) is 3.36. The number of carbonyl (C=O) groups excluding carboxylic acids is 1. The van der Waals surface area contributed by atoms with Crippen molar-refractivity contribution in [3.8, 4) is 11.1 Å². The molecule has 2 aromatic carbocycles. The van der Waals surface area contributed by atoms with E-state index in [4.69, 9.17) is 0 Å². The molecule has 1 aliphatic heterocycles. The van der Waals surface area contributed by atoms with E-state index in [2.05, 4.69) is 4.72 Å². The average molecular weight is 452 g/mol. The molecule has 1 aliphatic carbocycles. The minimum Gasteiger partial charge on any atom is -0.338 e. The van der Waals surface area contributed by atoms with E-state index in [1.807, 2.05) is 0 Å². The third kappa shape index (κ3) is 3.63. The Bertz CT molecular complexity index is 1140. The Morgan fingerprint density at radius 2 is 1.81 bits per heavy atom. The van der Waals surface area contributed by atoms with Gasteiger partial charge in [-0.2, -0.15) is 0 Å². The summed E-state index contributed by atoms with van der Waals surface area (Å²) in [5.74, 6) is -2.04. The van der Waals surface area contributed by atoms with Crippen LogP contribution in [0.4, 0.5) is 13.2 Å². The monoisotopic (exact) mass is 452 g/mol. The van der Waals surface area contributed by atoms with Crippen LogP contribution in [0.2, 0.25) is 0 Å². The maximum absolute atomic E-state index is 16.2. The summed E-state index contributed by atoms with van der Waals surface area (Å²) in [6.45, 7) is 1.98.